The summed E-state index contributed by atoms with van der Waals surface area (Å²) >= 11 is 6.14. The second-order valence-electron chi connectivity index (χ2n) is 5.91. The number of aliphatic hydroxyl groups excluding tert-OH is 1. The van der Waals surface area contributed by atoms with Crippen LogP contribution < -0.4 is 15.4 Å². The largest absolute Gasteiger partial charge is 0.495 e. The van der Waals surface area contributed by atoms with Gasteiger partial charge in [0.1, 0.15) is 11.3 Å². The van der Waals surface area contributed by atoms with Gasteiger partial charge in [-0.05, 0) is 31.2 Å². The zero-order valence-electron chi connectivity index (χ0n) is 17.6. The number of benzene rings is 2. The van der Waals surface area contributed by atoms with Crippen molar-refractivity contribution in [2.45, 2.75) is 6.92 Å². The summed E-state index contributed by atoms with van der Waals surface area (Å²) in [6.07, 6.45) is 0.715. The number of anilines is 2. The molecule has 0 fully saturated rings. The Bertz CT molecular complexity index is 1070. The first kappa shape index (κ1) is 26.2. The second-order valence-corrected chi connectivity index (χ2v) is 7.81. The van der Waals surface area contributed by atoms with Gasteiger partial charge in [-0.15, -0.1) is 0 Å². The predicted octanol–water partition coefficient (Wildman–Crippen LogP) is 3.68. The first-order valence-corrected chi connectivity index (χ1v) is 11.2. The minimum Gasteiger partial charge on any atom is -0.495 e. The standard InChI is InChI=1S/C17H16ClN3O2.C2H6O.CH4O3S/c1-20-17(19)21(13-10-12(18)7-8-15(13)22-2)16-9-11-5-3-4-6-14(11)23-16;1-2-3;1-5(2,3)4/h3-10H,1-2H3,(H2,19,20);3H,2H2,1H3;1H3,(H,2,3,4). The molecule has 0 aliphatic carbocycles. The molecule has 0 spiro atoms. The lowest BCUT2D eigenvalue weighted by atomic mass is 10.2. The first-order chi connectivity index (χ1) is 14.5. The van der Waals surface area contributed by atoms with Crippen molar-refractivity contribution in [1.82, 2.24) is 0 Å². The fourth-order valence-electron chi connectivity index (χ4n) is 2.37. The maximum absolute atomic E-state index is 9.19. The number of aliphatic imine (C=N–C) groups is 1. The highest BCUT2D eigenvalue weighted by molar-refractivity contribution is 7.85. The van der Waals surface area contributed by atoms with E-state index in [2.05, 4.69) is 4.99 Å². The van der Waals surface area contributed by atoms with Crippen molar-refractivity contribution in [1.29, 1.82) is 0 Å². The molecule has 31 heavy (non-hydrogen) atoms. The Morgan fingerprint density at radius 2 is 1.84 bits per heavy atom. The lowest BCUT2D eigenvalue weighted by Gasteiger charge is -2.22. The van der Waals surface area contributed by atoms with E-state index in [0.29, 0.717) is 28.6 Å². The molecule has 9 nitrogen and oxygen atoms in total. The number of nitrogens with zero attached hydrogens (tertiary/aromatic N) is 2. The van der Waals surface area contributed by atoms with Gasteiger partial charge in [0.25, 0.3) is 10.1 Å². The summed E-state index contributed by atoms with van der Waals surface area (Å²) in [6.45, 7) is 1.93. The summed E-state index contributed by atoms with van der Waals surface area (Å²) in [4.78, 5) is 5.75. The molecule has 0 aliphatic heterocycles. The van der Waals surface area contributed by atoms with Crippen LogP contribution in [-0.2, 0) is 10.1 Å². The van der Waals surface area contributed by atoms with Crippen LogP contribution in [0.1, 0.15) is 6.92 Å². The fraction of sp³-hybridized carbons (Fsp3) is 0.250. The van der Waals surface area contributed by atoms with Gasteiger partial charge in [-0.3, -0.25) is 9.55 Å². The number of hydrogen-bond donors (Lipinski definition) is 3. The van der Waals surface area contributed by atoms with Crippen LogP contribution >= 0.6 is 11.6 Å². The number of ether oxygens (including phenoxy) is 1. The molecular weight excluding hydrogens is 446 g/mol. The molecule has 2 aromatic carbocycles. The average Bonchev–Trinajstić information content (AvgIpc) is 3.11. The van der Waals surface area contributed by atoms with E-state index in [9.17, 15) is 8.42 Å². The predicted molar refractivity (Wildman–Crippen MR) is 124 cm³/mol. The SMILES string of the molecule is CCO.CN=C(N)N(c1cc2ccccc2o1)c1cc(Cl)ccc1OC.CS(=O)(=O)O. The quantitative estimate of drug-likeness (QED) is 0.298. The van der Waals surface area contributed by atoms with Crippen LogP contribution in [0.4, 0.5) is 11.6 Å². The van der Waals surface area contributed by atoms with Gasteiger partial charge in [-0.1, -0.05) is 29.8 Å². The number of rotatable bonds is 3. The Kier molecular flexibility index (Phi) is 10.3. The molecule has 11 heteroatoms. The summed E-state index contributed by atoms with van der Waals surface area (Å²) < 4.78 is 37.2. The van der Waals surface area contributed by atoms with Crippen LogP contribution in [0.2, 0.25) is 5.02 Å². The van der Waals surface area contributed by atoms with E-state index >= 15 is 0 Å². The van der Waals surface area contributed by atoms with Gasteiger partial charge >= 0.3 is 0 Å². The topological polar surface area (TPSA) is 139 Å². The summed E-state index contributed by atoms with van der Waals surface area (Å²) in [5.74, 6) is 1.42. The third-order valence-corrected chi connectivity index (χ3v) is 3.71. The summed E-state index contributed by atoms with van der Waals surface area (Å²) in [5, 5.41) is 9.10. The number of hydrogen-bond acceptors (Lipinski definition) is 6. The molecule has 4 N–H and O–H groups in total. The maximum atomic E-state index is 9.19. The third kappa shape index (κ3) is 8.46. The highest BCUT2D eigenvalue weighted by atomic mass is 35.5. The smallest absolute Gasteiger partial charge is 0.261 e. The molecule has 0 atom stereocenters. The molecule has 3 rings (SSSR count). The number of methoxy groups -OCH3 is 1. The number of aliphatic hydroxyl groups is 1. The highest BCUT2D eigenvalue weighted by Gasteiger charge is 2.21. The number of furan rings is 1. The number of nitrogens with two attached hydrogens (primary N) is 1. The van der Waals surface area contributed by atoms with Crippen LogP contribution in [0, 0.1) is 0 Å². The van der Waals surface area contributed by atoms with Crippen molar-refractivity contribution in [2.75, 3.05) is 31.9 Å². The normalized spacial score (nSPS) is 11.1. The third-order valence-electron chi connectivity index (χ3n) is 3.47. The Morgan fingerprint density at radius 3 is 2.35 bits per heavy atom. The van der Waals surface area contributed by atoms with E-state index < -0.39 is 10.1 Å². The highest BCUT2D eigenvalue weighted by Crippen LogP contribution is 2.38. The van der Waals surface area contributed by atoms with Gasteiger partial charge < -0.3 is 20.0 Å². The summed E-state index contributed by atoms with van der Waals surface area (Å²) in [5.41, 5.74) is 7.51. The first-order valence-electron chi connectivity index (χ1n) is 8.93. The molecule has 0 aliphatic rings. The Hall–Kier alpha value is -2.79. The zero-order valence-corrected chi connectivity index (χ0v) is 19.2. The summed E-state index contributed by atoms with van der Waals surface area (Å²) in [6, 6.07) is 14.9. The molecule has 0 radical (unpaired) electrons. The molecule has 0 saturated heterocycles. The van der Waals surface area contributed by atoms with Crippen molar-refractivity contribution in [3.8, 4) is 5.75 Å². The number of guanidine groups is 1. The van der Waals surface area contributed by atoms with Crippen LogP contribution in [0.5, 0.6) is 5.75 Å². The molecule has 3 aromatic rings. The molecule has 0 amide bonds. The van der Waals surface area contributed by atoms with E-state index in [-0.39, 0.29) is 12.6 Å². The van der Waals surface area contributed by atoms with Crippen molar-refractivity contribution in [3.63, 3.8) is 0 Å². The lowest BCUT2D eigenvalue weighted by molar-refractivity contribution is 0.318. The second kappa shape index (κ2) is 12.2. The van der Waals surface area contributed by atoms with E-state index in [0.717, 1.165) is 11.0 Å². The molecule has 0 saturated carbocycles. The fourth-order valence-corrected chi connectivity index (χ4v) is 2.54. The van der Waals surface area contributed by atoms with Crippen molar-refractivity contribution in [3.05, 3.63) is 53.6 Å². The van der Waals surface area contributed by atoms with Gasteiger partial charge in [-0.25, -0.2) is 4.90 Å². The number of para-hydroxylation sites is 1. The lowest BCUT2D eigenvalue weighted by Crippen LogP contribution is -2.33. The van der Waals surface area contributed by atoms with Crippen molar-refractivity contribution < 1.29 is 27.2 Å². The van der Waals surface area contributed by atoms with E-state index in [4.69, 9.17) is 36.1 Å². The Balaban J connectivity index is 0.000000519. The minimum absolute atomic E-state index is 0.250. The van der Waals surface area contributed by atoms with Crippen LogP contribution in [0.15, 0.2) is 57.9 Å². The van der Waals surface area contributed by atoms with Crippen LogP contribution in [0.3, 0.4) is 0 Å². The molecule has 0 unspecified atom stereocenters. The van der Waals surface area contributed by atoms with Gasteiger partial charge in [0.05, 0.1) is 19.1 Å². The Labute approximate surface area is 186 Å². The molecular formula is C20H26ClN3O6S. The van der Waals surface area contributed by atoms with Crippen molar-refractivity contribution >= 4 is 50.2 Å². The van der Waals surface area contributed by atoms with E-state index in [1.807, 2.05) is 30.3 Å². The van der Waals surface area contributed by atoms with Gasteiger partial charge in [0.2, 0.25) is 11.8 Å². The van der Waals surface area contributed by atoms with Crippen molar-refractivity contribution in [2.24, 2.45) is 10.7 Å². The monoisotopic (exact) mass is 471 g/mol. The van der Waals surface area contributed by atoms with E-state index in [1.54, 1.807) is 44.2 Å². The van der Waals surface area contributed by atoms with Gasteiger partial charge in [0, 0.05) is 30.1 Å². The minimum atomic E-state index is -3.67. The number of fused-ring (bicyclic) bond motifs is 1. The maximum Gasteiger partial charge on any atom is 0.261 e. The zero-order chi connectivity index (χ0) is 23.6. The van der Waals surface area contributed by atoms with Gasteiger partial charge in [-0.2, -0.15) is 8.42 Å². The molecule has 170 valence electrons. The Morgan fingerprint density at radius 1 is 1.26 bits per heavy atom. The average molecular weight is 472 g/mol. The van der Waals surface area contributed by atoms with Gasteiger partial charge in [0.15, 0.2) is 0 Å². The molecule has 1 aromatic heterocycles. The number of halogens is 1. The van der Waals surface area contributed by atoms with Crippen LogP contribution in [-0.4, -0.2) is 51.1 Å². The molecule has 1 heterocycles. The summed E-state index contributed by atoms with van der Waals surface area (Å²) in [7, 11) is -0.467. The van der Waals surface area contributed by atoms with E-state index in [1.165, 1.54) is 0 Å². The molecule has 0 bridgehead atoms. The van der Waals surface area contributed by atoms with Crippen LogP contribution in [0.25, 0.3) is 11.0 Å².